The van der Waals surface area contributed by atoms with E-state index in [1.54, 1.807) is 14.2 Å². The van der Waals surface area contributed by atoms with Gasteiger partial charge in [0.2, 0.25) is 0 Å². The highest BCUT2D eigenvalue weighted by molar-refractivity contribution is 5.89. The van der Waals surface area contributed by atoms with Gasteiger partial charge >= 0.3 is 6.03 Å². The Bertz CT molecular complexity index is 1100. The van der Waals surface area contributed by atoms with E-state index in [0.717, 1.165) is 37.9 Å². The van der Waals surface area contributed by atoms with E-state index in [0.29, 0.717) is 24.0 Å². The Morgan fingerprint density at radius 3 is 2.49 bits per heavy atom. The summed E-state index contributed by atoms with van der Waals surface area (Å²) >= 11 is 0. The van der Waals surface area contributed by atoms with E-state index in [2.05, 4.69) is 41.5 Å². The van der Waals surface area contributed by atoms with E-state index in [-0.39, 0.29) is 17.5 Å². The third kappa shape index (κ3) is 4.66. The number of carbonyl (C=O) groups excluding carboxylic acids is 1. The molecule has 0 bridgehead atoms. The number of hydrogen-bond donors (Lipinski definition) is 2. The number of hydrogen-bond acceptors (Lipinski definition) is 4. The van der Waals surface area contributed by atoms with Crippen LogP contribution in [0, 0.1) is 17.5 Å². The van der Waals surface area contributed by atoms with E-state index in [9.17, 15) is 18.0 Å². The fraction of sp³-hybridized carbons (Fsp3) is 0.500. The number of anilines is 1. The molecule has 2 aromatic rings. The molecule has 3 atom stereocenters. The van der Waals surface area contributed by atoms with Crippen molar-refractivity contribution in [1.29, 1.82) is 0 Å². The molecule has 2 aliphatic rings. The second-order valence-corrected chi connectivity index (χ2v) is 9.62. The zero-order valence-corrected chi connectivity index (χ0v) is 20.5. The Morgan fingerprint density at radius 1 is 1.06 bits per heavy atom. The van der Waals surface area contributed by atoms with Crippen LogP contribution in [-0.2, 0) is 5.41 Å². The van der Waals surface area contributed by atoms with Crippen molar-refractivity contribution in [3.8, 4) is 11.5 Å². The lowest BCUT2D eigenvalue weighted by molar-refractivity contribution is 0.113. The zero-order chi connectivity index (χ0) is 25.3. The molecule has 2 amide bonds. The first-order valence-electron chi connectivity index (χ1n) is 11.9. The molecule has 9 heteroatoms. The van der Waals surface area contributed by atoms with Crippen LogP contribution in [0.15, 0.2) is 30.3 Å². The summed E-state index contributed by atoms with van der Waals surface area (Å²) in [4.78, 5) is 15.1. The smallest absolute Gasteiger partial charge is 0.319 e. The van der Waals surface area contributed by atoms with Gasteiger partial charge in [0.1, 0.15) is 0 Å². The van der Waals surface area contributed by atoms with Crippen molar-refractivity contribution < 1.29 is 27.4 Å². The predicted molar refractivity (Wildman–Crippen MR) is 128 cm³/mol. The normalized spacial score (nSPS) is 24.2. The number of likely N-dealkylation sites (tertiary alicyclic amines) is 1. The average Bonchev–Trinajstić information content (AvgIpc) is 3.24. The third-order valence-electron chi connectivity index (χ3n) is 7.54. The number of amides is 2. The number of carbonyl (C=O) groups is 1. The third-order valence-corrected chi connectivity index (χ3v) is 7.54. The van der Waals surface area contributed by atoms with Crippen LogP contribution in [-0.4, -0.2) is 49.8 Å². The van der Waals surface area contributed by atoms with Gasteiger partial charge in [-0.3, -0.25) is 4.90 Å². The molecular formula is C26H32F3N3O3. The standard InChI is InChI=1S/C26H32F3N3O3/c1-15(2)32-12-11-26(16-5-8-20(34-3)21(13-16)35-4)10-9-17(14-22(26)32)30-25(33)31-19-7-6-18(27)23(28)24(19)29/h5-8,13,15,17,22H,9-12,14H2,1-4H3,(H2,30,31,33)/t17-,22+,26-/m0/s1. The van der Waals surface area contributed by atoms with Crippen LogP contribution in [0.25, 0.3) is 0 Å². The van der Waals surface area contributed by atoms with E-state index < -0.39 is 29.2 Å². The molecule has 2 aromatic carbocycles. The van der Waals surface area contributed by atoms with Crippen LogP contribution >= 0.6 is 0 Å². The molecule has 6 nitrogen and oxygen atoms in total. The van der Waals surface area contributed by atoms with Crippen LogP contribution in [0.1, 0.15) is 45.1 Å². The summed E-state index contributed by atoms with van der Waals surface area (Å²) in [6.45, 7) is 5.27. The Balaban J connectivity index is 1.53. The largest absolute Gasteiger partial charge is 0.493 e. The Hall–Kier alpha value is -2.94. The van der Waals surface area contributed by atoms with Crippen LogP contribution in [0.4, 0.5) is 23.7 Å². The number of nitrogens with zero attached hydrogens (tertiary/aromatic N) is 1. The SMILES string of the molecule is COc1ccc([C@@]23CC[C@H](NC(=O)Nc4ccc(F)c(F)c4F)C[C@H]2N(C(C)C)CC3)cc1OC. The number of methoxy groups -OCH3 is 2. The van der Waals surface area contributed by atoms with Gasteiger partial charge < -0.3 is 20.1 Å². The highest BCUT2D eigenvalue weighted by Crippen LogP contribution is 2.50. The molecular weight excluding hydrogens is 459 g/mol. The minimum absolute atomic E-state index is 0.0926. The van der Waals surface area contributed by atoms with Crippen molar-refractivity contribution >= 4 is 11.7 Å². The summed E-state index contributed by atoms with van der Waals surface area (Å²) in [6.07, 6.45) is 3.27. The van der Waals surface area contributed by atoms with Gasteiger partial charge in [0.05, 0.1) is 19.9 Å². The maximum Gasteiger partial charge on any atom is 0.319 e. The minimum Gasteiger partial charge on any atom is -0.493 e. The van der Waals surface area contributed by atoms with E-state index in [1.165, 1.54) is 5.56 Å². The maximum atomic E-state index is 14.0. The lowest BCUT2D eigenvalue weighted by atomic mass is 9.65. The number of ether oxygens (including phenoxy) is 2. The van der Waals surface area contributed by atoms with Gasteiger partial charge in [0.25, 0.3) is 0 Å². The second kappa shape index (κ2) is 9.97. The number of rotatable bonds is 6. The van der Waals surface area contributed by atoms with Gasteiger partial charge in [0, 0.05) is 23.5 Å². The maximum absolute atomic E-state index is 14.0. The Morgan fingerprint density at radius 2 is 1.80 bits per heavy atom. The van der Waals surface area contributed by atoms with Crippen LogP contribution in [0.2, 0.25) is 0 Å². The summed E-state index contributed by atoms with van der Waals surface area (Å²) in [5.41, 5.74) is 0.696. The molecule has 1 saturated heterocycles. The quantitative estimate of drug-likeness (QED) is 0.545. The van der Waals surface area contributed by atoms with Gasteiger partial charge in [-0.1, -0.05) is 6.07 Å². The highest BCUT2D eigenvalue weighted by atomic mass is 19.2. The van der Waals surface area contributed by atoms with Crippen molar-refractivity contribution in [3.05, 3.63) is 53.3 Å². The summed E-state index contributed by atoms with van der Waals surface area (Å²) in [5.74, 6) is -2.97. The number of fused-ring (bicyclic) bond motifs is 1. The first kappa shape index (κ1) is 25.2. The van der Waals surface area contributed by atoms with Gasteiger partial charge in [-0.15, -0.1) is 0 Å². The molecule has 1 aliphatic carbocycles. The number of halogens is 3. The minimum atomic E-state index is -1.61. The van der Waals surface area contributed by atoms with Crippen LogP contribution < -0.4 is 20.1 Å². The molecule has 2 fully saturated rings. The monoisotopic (exact) mass is 491 g/mol. The molecule has 1 heterocycles. The van der Waals surface area contributed by atoms with Crippen molar-refractivity contribution in [2.75, 3.05) is 26.1 Å². The molecule has 2 N–H and O–H groups in total. The molecule has 1 saturated carbocycles. The zero-order valence-electron chi connectivity index (χ0n) is 20.5. The van der Waals surface area contributed by atoms with Gasteiger partial charge in [-0.25, -0.2) is 18.0 Å². The lowest BCUT2D eigenvalue weighted by Crippen LogP contribution is -2.54. The predicted octanol–water partition coefficient (Wildman–Crippen LogP) is 5.22. The molecule has 1 aliphatic heterocycles. The van der Waals surface area contributed by atoms with Crippen LogP contribution in [0.5, 0.6) is 11.5 Å². The number of benzene rings is 2. The van der Waals surface area contributed by atoms with Crippen molar-refractivity contribution in [3.63, 3.8) is 0 Å². The molecule has 0 aromatic heterocycles. The fourth-order valence-corrected chi connectivity index (χ4v) is 5.78. The summed E-state index contributed by atoms with van der Waals surface area (Å²) in [6, 6.07) is 7.59. The van der Waals surface area contributed by atoms with Crippen molar-refractivity contribution in [1.82, 2.24) is 10.2 Å². The topological polar surface area (TPSA) is 62.8 Å². The molecule has 4 rings (SSSR count). The molecule has 35 heavy (non-hydrogen) atoms. The van der Waals surface area contributed by atoms with Gasteiger partial charge in [-0.2, -0.15) is 0 Å². The lowest BCUT2D eigenvalue weighted by Gasteiger charge is -2.46. The molecule has 0 unspecified atom stereocenters. The van der Waals surface area contributed by atoms with Crippen molar-refractivity contribution in [2.24, 2.45) is 0 Å². The van der Waals surface area contributed by atoms with E-state index in [4.69, 9.17) is 9.47 Å². The van der Waals surface area contributed by atoms with Crippen LogP contribution in [0.3, 0.4) is 0 Å². The Labute approximate surface area is 203 Å². The van der Waals surface area contributed by atoms with E-state index in [1.807, 2.05) is 6.07 Å². The van der Waals surface area contributed by atoms with Crippen molar-refractivity contribution in [2.45, 2.75) is 63.1 Å². The summed E-state index contributed by atoms with van der Waals surface area (Å²) in [7, 11) is 3.24. The first-order chi connectivity index (χ1) is 16.7. The number of nitrogens with one attached hydrogen (secondary N) is 2. The average molecular weight is 492 g/mol. The first-order valence-corrected chi connectivity index (χ1v) is 11.9. The van der Waals surface area contributed by atoms with Gasteiger partial charge in [0.15, 0.2) is 29.0 Å². The summed E-state index contributed by atoms with van der Waals surface area (Å²) < 4.78 is 51.7. The molecule has 0 spiro atoms. The second-order valence-electron chi connectivity index (χ2n) is 9.62. The summed E-state index contributed by atoms with van der Waals surface area (Å²) in [5, 5.41) is 5.22. The molecule has 0 radical (unpaired) electrons. The highest BCUT2D eigenvalue weighted by Gasteiger charge is 2.52. The fourth-order valence-electron chi connectivity index (χ4n) is 5.78. The Kier molecular flexibility index (Phi) is 7.17. The molecule has 190 valence electrons. The number of urea groups is 1. The van der Waals surface area contributed by atoms with E-state index >= 15 is 0 Å². The van der Waals surface area contributed by atoms with Gasteiger partial charge in [-0.05, 0) is 75.9 Å².